The first-order chi connectivity index (χ1) is 13.4. The van der Waals surface area contributed by atoms with E-state index in [2.05, 4.69) is 17.3 Å². The van der Waals surface area contributed by atoms with Crippen LogP contribution in [0.5, 0.6) is 0 Å². The number of piperazine rings is 1. The lowest BCUT2D eigenvalue weighted by atomic mass is 9.83. The van der Waals surface area contributed by atoms with Gasteiger partial charge in [0.25, 0.3) is 0 Å². The van der Waals surface area contributed by atoms with Crippen LogP contribution in [0.25, 0.3) is 0 Å². The van der Waals surface area contributed by atoms with E-state index in [4.69, 9.17) is 9.47 Å². The maximum Gasteiger partial charge on any atom is 0.226 e. The number of hydrogen-bond acceptors (Lipinski definition) is 8. The van der Waals surface area contributed by atoms with Gasteiger partial charge in [0, 0.05) is 43.9 Å². The molecule has 0 saturated carbocycles. The molecule has 0 spiro atoms. The summed E-state index contributed by atoms with van der Waals surface area (Å²) in [6.45, 7) is 3.83. The molecule has 3 fully saturated rings. The highest BCUT2D eigenvalue weighted by molar-refractivity contribution is 6.25. The summed E-state index contributed by atoms with van der Waals surface area (Å²) in [4.78, 5) is 30.9. The van der Waals surface area contributed by atoms with Crippen molar-refractivity contribution >= 4 is 11.6 Å². The number of hydrogen-bond donors (Lipinski definition) is 2. The van der Waals surface area contributed by atoms with Crippen molar-refractivity contribution in [2.24, 2.45) is 5.92 Å². The van der Waals surface area contributed by atoms with Gasteiger partial charge >= 0.3 is 0 Å². The molecule has 0 aromatic carbocycles. The minimum absolute atomic E-state index is 0.0133. The van der Waals surface area contributed by atoms with E-state index in [9.17, 15) is 14.7 Å². The van der Waals surface area contributed by atoms with E-state index in [1.807, 2.05) is 4.90 Å². The van der Waals surface area contributed by atoms with E-state index < -0.39 is 11.6 Å². The zero-order chi connectivity index (χ0) is 19.8. The zero-order valence-corrected chi connectivity index (χ0v) is 16.5. The average molecular weight is 389 g/mol. The predicted octanol–water partition coefficient (Wildman–Crippen LogP) is -0.602. The smallest absolute Gasteiger partial charge is 0.226 e. The molecule has 4 aliphatic heterocycles. The Hall–Kier alpha value is -1.74. The molecule has 8 nitrogen and oxygen atoms in total. The fourth-order valence-corrected chi connectivity index (χ4v) is 5.53. The molecular formula is C20H27N3O5. The second-order valence-electron chi connectivity index (χ2n) is 8.55. The molecule has 8 heteroatoms. The minimum atomic E-state index is -0.876. The molecule has 0 aromatic heterocycles. The van der Waals surface area contributed by atoms with Crippen LogP contribution in [0.3, 0.4) is 0 Å². The van der Waals surface area contributed by atoms with Crippen LogP contribution in [-0.4, -0.2) is 90.8 Å². The number of nitrogens with one attached hydrogen (secondary N) is 1. The van der Waals surface area contributed by atoms with Crippen molar-refractivity contribution in [1.82, 2.24) is 15.1 Å². The molecule has 4 unspecified atom stereocenters. The van der Waals surface area contributed by atoms with Gasteiger partial charge in [0.15, 0.2) is 11.5 Å². The van der Waals surface area contributed by atoms with Crippen molar-refractivity contribution < 1.29 is 24.2 Å². The molecule has 5 aliphatic rings. The number of rotatable bonds is 4. The summed E-state index contributed by atoms with van der Waals surface area (Å²) >= 11 is 0. The molecule has 28 heavy (non-hydrogen) atoms. The first-order valence-corrected chi connectivity index (χ1v) is 10.0. The maximum absolute atomic E-state index is 13.5. The molecule has 2 N–H and O–H groups in total. The van der Waals surface area contributed by atoms with Crippen LogP contribution >= 0.6 is 0 Å². The number of Topliss-reactive ketones (excluding diaryl/α,β-unsaturated/α-hetero) is 2. The summed E-state index contributed by atoms with van der Waals surface area (Å²) in [7, 11) is 3.65. The quantitative estimate of drug-likeness (QED) is 0.486. The monoisotopic (exact) mass is 389 g/mol. The molecule has 0 radical (unpaired) electrons. The average Bonchev–Trinajstić information content (AvgIpc) is 3.30. The van der Waals surface area contributed by atoms with Crippen molar-refractivity contribution in [1.29, 1.82) is 0 Å². The first-order valence-electron chi connectivity index (χ1n) is 10.0. The molecule has 152 valence electrons. The van der Waals surface area contributed by atoms with Crippen LogP contribution in [0.15, 0.2) is 22.6 Å². The summed E-state index contributed by atoms with van der Waals surface area (Å²) in [5.41, 5.74) is 0.238. The summed E-state index contributed by atoms with van der Waals surface area (Å²) in [5, 5.41) is 13.5. The molecule has 0 amide bonds. The molecule has 4 heterocycles. The van der Waals surface area contributed by atoms with Gasteiger partial charge in [0.2, 0.25) is 11.6 Å². The van der Waals surface area contributed by atoms with E-state index in [-0.39, 0.29) is 42.1 Å². The number of aliphatic hydroxyl groups is 1. The Morgan fingerprint density at radius 3 is 2.61 bits per heavy atom. The van der Waals surface area contributed by atoms with Crippen molar-refractivity contribution in [3.8, 4) is 0 Å². The van der Waals surface area contributed by atoms with Gasteiger partial charge < -0.3 is 29.7 Å². The van der Waals surface area contributed by atoms with E-state index in [0.717, 1.165) is 25.9 Å². The van der Waals surface area contributed by atoms with Crippen LogP contribution in [-0.2, 0) is 19.1 Å². The number of likely N-dealkylation sites (tertiary alicyclic amines) is 1. The van der Waals surface area contributed by atoms with Gasteiger partial charge in [-0.15, -0.1) is 0 Å². The van der Waals surface area contributed by atoms with Gasteiger partial charge in [0.05, 0.1) is 24.3 Å². The standard InChI is InChI=1S/C20H27N3O5/c1-10-16(25)15-14(17(26)18(10)28-11-4-6-22(2)7-5-11)12(9-24)20(27-3)19-13(21-19)8-23(15)20/h11-13,19,21,24H,4-9H2,1-3H3. The van der Waals surface area contributed by atoms with Gasteiger partial charge in [-0.25, -0.2) is 0 Å². The Labute approximate surface area is 164 Å². The van der Waals surface area contributed by atoms with Crippen molar-refractivity contribution in [2.45, 2.75) is 43.7 Å². The van der Waals surface area contributed by atoms with Crippen molar-refractivity contribution in [2.75, 3.05) is 40.4 Å². The Bertz CT molecular complexity index is 813. The van der Waals surface area contributed by atoms with E-state index in [1.54, 1.807) is 14.0 Å². The number of ketones is 2. The van der Waals surface area contributed by atoms with Gasteiger partial charge in [-0.05, 0) is 26.8 Å². The van der Waals surface area contributed by atoms with Crippen molar-refractivity contribution in [3.05, 3.63) is 22.6 Å². The Kier molecular flexibility index (Phi) is 4.00. The van der Waals surface area contributed by atoms with Crippen LogP contribution in [0.1, 0.15) is 19.8 Å². The Morgan fingerprint density at radius 2 is 1.96 bits per heavy atom. The number of fused-ring (bicyclic) bond motifs is 4. The molecule has 3 saturated heterocycles. The van der Waals surface area contributed by atoms with Gasteiger partial charge in [-0.3, -0.25) is 9.59 Å². The second-order valence-corrected chi connectivity index (χ2v) is 8.55. The summed E-state index contributed by atoms with van der Waals surface area (Å²) < 4.78 is 12.0. The number of piperidine rings is 1. The maximum atomic E-state index is 13.5. The Balaban J connectivity index is 1.49. The van der Waals surface area contributed by atoms with Crippen molar-refractivity contribution in [3.63, 3.8) is 0 Å². The number of carbonyl (C=O) groups is 2. The van der Waals surface area contributed by atoms with Gasteiger partial charge in [-0.1, -0.05) is 0 Å². The fraction of sp³-hybridized carbons (Fsp3) is 0.700. The number of ether oxygens (including phenoxy) is 2. The van der Waals surface area contributed by atoms with E-state index in [0.29, 0.717) is 23.4 Å². The predicted molar refractivity (Wildman–Crippen MR) is 99.1 cm³/mol. The summed E-state index contributed by atoms with van der Waals surface area (Å²) in [6, 6.07) is 0.242. The zero-order valence-electron chi connectivity index (χ0n) is 16.5. The van der Waals surface area contributed by atoms with E-state index >= 15 is 0 Å². The van der Waals surface area contributed by atoms with Crippen LogP contribution < -0.4 is 5.32 Å². The third-order valence-electron chi connectivity index (χ3n) is 7.11. The molecule has 0 aromatic rings. The SMILES string of the molecule is COC12C(CO)C3=C(C(=O)C(C)=C(OC4CCN(C)CC4)C3=O)N1CC1NC12. The number of methoxy groups -OCH3 is 1. The third-order valence-corrected chi connectivity index (χ3v) is 7.11. The highest BCUT2D eigenvalue weighted by atomic mass is 16.5. The molecule has 1 aliphatic carbocycles. The lowest BCUT2D eigenvalue weighted by Gasteiger charge is -2.39. The summed E-state index contributed by atoms with van der Waals surface area (Å²) in [6.07, 6.45) is 1.58. The van der Waals surface area contributed by atoms with Crippen LogP contribution in [0, 0.1) is 5.92 Å². The van der Waals surface area contributed by atoms with Gasteiger partial charge in [0.1, 0.15) is 6.10 Å². The molecule has 4 atom stereocenters. The van der Waals surface area contributed by atoms with E-state index in [1.165, 1.54) is 0 Å². The highest BCUT2D eigenvalue weighted by Crippen LogP contribution is 2.55. The largest absolute Gasteiger partial charge is 0.486 e. The third kappa shape index (κ3) is 2.20. The molecule has 0 bridgehead atoms. The normalized spacial score (nSPS) is 38.1. The number of allylic oxidation sites excluding steroid dienone is 2. The second kappa shape index (κ2) is 6.13. The highest BCUT2D eigenvalue weighted by Gasteiger charge is 2.72. The number of nitrogens with zero attached hydrogens (tertiary/aromatic N) is 2. The molecule has 5 rings (SSSR count). The lowest BCUT2D eigenvalue weighted by Crippen LogP contribution is -2.54. The lowest BCUT2D eigenvalue weighted by molar-refractivity contribution is -0.137. The molecular weight excluding hydrogens is 362 g/mol. The number of aliphatic hydroxyl groups excluding tert-OH is 1. The minimum Gasteiger partial charge on any atom is -0.486 e. The topological polar surface area (TPSA) is 101 Å². The van der Waals surface area contributed by atoms with Gasteiger partial charge in [-0.2, -0.15) is 0 Å². The summed E-state index contributed by atoms with van der Waals surface area (Å²) in [5.74, 6) is -0.869. The fourth-order valence-electron chi connectivity index (χ4n) is 5.53. The number of carbonyl (C=O) groups excluding carboxylic acids is 2. The van der Waals surface area contributed by atoms with Crippen LogP contribution in [0.4, 0.5) is 0 Å². The van der Waals surface area contributed by atoms with Crippen LogP contribution in [0.2, 0.25) is 0 Å². The first kappa shape index (κ1) is 18.3. The Morgan fingerprint density at radius 1 is 1.25 bits per heavy atom.